The number of hydrogen-bond donors (Lipinski definition) is 2. The maximum Gasteiger partial charge on any atom is 0.364 e. The molecular formula is C16H15N5O3S. The molecule has 128 valence electrons. The second-order valence-electron chi connectivity index (χ2n) is 5.58. The Labute approximate surface area is 147 Å². The molecule has 0 fully saturated rings. The van der Waals surface area contributed by atoms with E-state index in [0.29, 0.717) is 24.7 Å². The van der Waals surface area contributed by atoms with Gasteiger partial charge in [-0.3, -0.25) is 4.68 Å². The van der Waals surface area contributed by atoms with Crippen LogP contribution in [-0.2, 0) is 6.54 Å². The third-order valence-electron chi connectivity index (χ3n) is 4.02. The topological polar surface area (TPSA) is 106 Å². The number of rotatable bonds is 6. The van der Waals surface area contributed by atoms with Gasteiger partial charge in [0, 0.05) is 29.4 Å². The molecule has 1 aliphatic heterocycles. The SMILES string of the molecule is O=[N+]([O-])c1ccc2c(n1)Sc1cccc3c1c-2nn3CCNCCO. The van der Waals surface area contributed by atoms with Crippen LogP contribution in [0.25, 0.3) is 22.2 Å². The first-order chi connectivity index (χ1) is 12.2. The first-order valence-corrected chi connectivity index (χ1v) is 8.65. The van der Waals surface area contributed by atoms with Crippen molar-refractivity contribution in [3.8, 4) is 11.3 Å². The van der Waals surface area contributed by atoms with Crippen molar-refractivity contribution in [1.29, 1.82) is 0 Å². The smallest absolute Gasteiger partial charge is 0.364 e. The minimum absolute atomic E-state index is 0.101. The molecule has 25 heavy (non-hydrogen) atoms. The van der Waals surface area contributed by atoms with E-state index >= 15 is 0 Å². The van der Waals surface area contributed by atoms with E-state index in [0.717, 1.165) is 27.1 Å². The van der Waals surface area contributed by atoms with Gasteiger partial charge < -0.3 is 20.5 Å². The molecule has 3 heterocycles. The summed E-state index contributed by atoms with van der Waals surface area (Å²) in [6.45, 7) is 2.01. The summed E-state index contributed by atoms with van der Waals surface area (Å²) in [5.41, 5.74) is 2.65. The fourth-order valence-electron chi connectivity index (χ4n) is 2.92. The Kier molecular flexibility index (Phi) is 4.12. The van der Waals surface area contributed by atoms with E-state index < -0.39 is 4.92 Å². The maximum atomic E-state index is 11.0. The van der Waals surface area contributed by atoms with Crippen molar-refractivity contribution in [2.24, 2.45) is 0 Å². The minimum Gasteiger partial charge on any atom is -0.395 e. The highest BCUT2D eigenvalue weighted by Gasteiger charge is 2.28. The van der Waals surface area contributed by atoms with Gasteiger partial charge >= 0.3 is 5.82 Å². The summed E-state index contributed by atoms with van der Waals surface area (Å²) < 4.78 is 1.93. The number of nitrogens with zero attached hydrogens (tertiary/aromatic N) is 4. The number of aromatic nitrogens is 3. The Balaban J connectivity index is 1.78. The first kappa shape index (κ1) is 16.0. The molecule has 0 aliphatic carbocycles. The molecule has 0 saturated heterocycles. The van der Waals surface area contributed by atoms with E-state index in [1.807, 2.05) is 22.9 Å². The molecule has 0 unspecified atom stereocenters. The van der Waals surface area contributed by atoms with Crippen LogP contribution in [0.3, 0.4) is 0 Å². The number of nitro groups is 1. The Bertz CT molecular complexity index is 972. The molecule has 3 aromatic rings. The Hall–Kier alpha value is -2.49. The zero-order valence-corrected chi connectivity index (χ0v) is 14.0. The summed E-state index contributed by atoms with van der Waals surface area (Å²) in [5, 5.41) is 29.4. The average Bonchev–Trinajstić information content (AvgIpc) is 2.99. The van der Waals surface area contributed by atoms with Gasteiger partial charge in [-0.15, -0.1) is 0 Å². The second kappa shape index (κ2) is 6.43. The van der Waals surface area contributed by atoms with Crippen LogP contribution in [0.1, 0.15) is 0 Å². The van der Waals surface area contributed by atoms with Gasteiger partial charge in [-0.25, -0.2) is 0 Å². The second-order valence-corrected chi connectivity index (χ2v) is 6.61. The third kappa shape index (κ3) is 2.76. The third-order valence-corrected chi connectivity index (χ3v) is 5.09. The molecule has 2 N–H and O–H groups in total. The summed E-state index contributed by atoms with van der Waals surface area (Å²) in [7, 11) is 0. The molecule has 9 heteroatoms. The van der Waals surface area contributed by atoms with Gasteiger partial charge in [0.05, 0.1) is 24.2 Å². The van der Waals surface area contributed by atoms with Crippen LogP contribution in [0.4, 0.5) is 5.82 Å². The molecule has 4 rings (SSSR count). The average molecular weight is 357 g/mol. The number of aliphatic hydroxyl groups is 1. The quantitative estimate of drug-likeness (QED) is 0.309. The Morgan fingerprint density at radius 3 is 2.96 bits per heavy atom. The highest BCUT2D eigenvalue weighted by molar-refractivity contribution is 7.99. The fraction of sp³-hybridized carbons (Fsp3) is 0.250. The van der Waals surface area contributed by atoms with Crippen molar-refractivity contribution in [3.05, 3.63) is 40.4 Å². The van der Waals surface area contributed by atoms with Crippen LogP contribution >= 0.6 is 11.8 Å². The summed E-state index contributed by atoms with van der Waals surface area (Å²) in [5.74, 6) is -0.158. The zero-order valence-electron chi connectivity index (χ0n) is 13.2. The van der Waals surface area contributed by atoms with E-state index in [1.165, 1.54) is 17.8 Å². The molecule has 8 nitrogen and oxygen atoms in total. The number of pyridine rings is 1. The number of nitrogens with one attached hydrogen (secondary N) is 1. The lowest BCUT2D eigenvalue weighted by Crippen LogP contribution is -2.23. The van der Waals surface area contributed by atoms with Crippen LogP contribution in [0.5, 0.6) is 0 Å². The van der Waals surface area contributed by atoms with Crippen LogP contribution < -0.4 is 5.32 Å². The molecule has 1 aliphatic rings. The molecular weight excluding hydrogens is 342 g/mol. The van der Waals surface area contributed by atoms with Crippen molar-refractivity contribution in [2.45, 2.75) is 16.5 Å². The van der Waals surface area contributed by atoms with E-state index in [9.17, 15) is 10.1 Å². The van der Waals surface area contributed by atoms with Crippen LogP contribution in [-0.4, -0.2) is 44.5 Å². The molecule has 0 amide bonds. The van der Waals surface area contributed by atoms with Gasteiger partial charge in [0.2, 0.25) is 5.03 Å². The van der Waals surface area contributed by atoms with Crippen molar-refractivity contribution in [1.82, 2.24) is 20.1 Å². The van der Waals surface area contributed by atoms with E-state index in [2.05, 4.69) is 10.3 Å². The van der Waals surface area contributed by atoms with Crippen molar-refractivity contribution >= 4 is 28.5 Å². The van der Waals surface area contributed by atoms with E-state index in [4.69, 9.17) is 10.2 Å². The first-order valence-electron chi connectivity index (χ1n) is 7.84. The number of hydrogen-bond acceptors (Lipinski definition) is 7. The zero-order chi connectivity index (χ0) is 17.4. The van der Waals surface area contributed by atoms with Gasteiger partial charge in [-0.05, 0) is 39.9 Å². The predicted octanol–water partition coefficient (Wildman–Crippen LogP) is 2.05. The predicted molar refractivity (Wildman–Crippen MR) is 93.7 cm³/mol. The Morgan fingerprint density at radius 2 is 2.16 bits per heavy atom. The van der Waals surface area contributed by atoms with Crippen molar-refractivity contribution in [3.63, 3.8) is 0 Å². The lowest BCUT2D eigenvalue weighted by Gasteiger charge is -2.10. The normalized spacial score (nSPS) is 12.4. The molecule has 1 aromatic carbocycles. The monoisotopic (exact) mass is 357 g/mol. The van der Waals surface area contributed by atoms with Crippen molar-refractivity contribution in [2.75, 3.05) is 19.7 Å². The molecule has 0 atom stereocenters. The van der Waals surface area contributed by atoms with Crippen LogP contribution in [0.15, 0.2) is 40.3 Å². The van der Waals surface area contributed by atoms with Gasteiger partial charge in [0.1, 0.15) is 5.69 Å². The van der Waals surface area contributed by atoms with Gasteiger partial charge in [-0.2, -0.15) is 5.10 Å². The minimum atomic E-state index is -0.484. The van der Waals surface area contributed by atoms with E-state index in [1.54, 1.807) is 6.07 Å². The summed E-state index contributed by atoms with van der Waals surface area (Å²) in [4.78, 5) is 15.7. The highest BCUT2D eigenvalue weighted by Crippen LogP contribution is 2.46. The molecule has 0 saturated carbocycles. The van der Waals surface area contributed by atoms with Crippen LogP contribution in [0.2, 0.25) is 0 Å². The lowest BCUT2D eigenvalue weighted by molar-refractivity contribution is -0.389. The number of fused-ring (bicyclic) bond motifs is 2. The highest BCUT2D eigenvalue weighted by atomic mass is 32.2. The van der Waals surface area contributed by atoms with Crippen molar-refractivity contribution < 1.29 is 10.0 Å². The molecule has 2 aromatic heterocycles. The van der Waals surface area contributed by atoms with E-state index in [-0.39, 0.29) is 12.4 Å². The Morgan fingerprint density at radius 1 is 1.28 bits per heavy atom. The summed E-state index contributed by atoms with van der Waals surface area (Å²) >= 11 is 1.43. The summed E-state index contributed by atoms with van der Waals surface area (Å²) in [6.07, 6.45) is 0. The number of benzene rings is 1. The maximum absolute atomic E-state index is 11.0. The molecule has 0 radical (unpaired) electrons. The largest absolute Gasteiger partial charge is 0.395 e. The summed E-state index contributed by atoms with van der Waals surface area (Å²) in [6, 6.07) is 9.10. The van der Waals surface area contributed by atoms with Gasteiger partial charge in [-0.1, -0.05) is 6.07 Å². The van der Waals surface area contributed by atoms with Gasteiger partial charge in [0.25, 0.3) is 0 Å². The van der Waals surface area contributed by atoms with Gasteiger partial charge in [0.15, 0.2) is 0 Å². The molecule has 0 spiro atoms. The number of aliphatic hydroxyl groups excluding tert-OH is 1. The lowest BCUT2D eigenvalue weighted by atomic mass is 10.1. The van der Waals surface area contributed by atoms with Crippen LogP contribution in [0, 0.1) is 10.1 Å². The fourth-order valence-corrected chi connectivity index (χ4v) is 4.00. The standard InChI is InChI=1S/C16H15N5O3S/c22-9-7-17-6-8-20-11-2-1-3-12-14(11)15(19-20)10-4-5-13(21(23)24)18-16(10)25-12/h1-5,17,22H,6-9H2. The molecule has 0 bridgehead atoms.